The molecule has 0 aliphatic rings. The van der Waals surface area contributed by atoms with E-state index in [4.69, 9.17) is 5.21 Å². The topological polar surface area (TPSA) is 80.0 Å². The number of hydrogen-bond acceptors (Lipinski definition) is 4. The van der Waals surface area contributed by atoms with E-state index in [1.165, 1.54) is 7.05 Å². The van der Waals surface area contributed by atoms with Crippen molar-refractivity contribution in [3.63, 3.8) is 0 Å². The maximum atomic E-state index is 10.7. The molecule has 1 aromatic heterocycles. The van der Waals surface area contributed by atoms with E-state index in [1.807, 2.05) is 0 Å². The van der Waals surface area contributed by atoms with E-state index in [1.54, 1.807) is 0 Å². The van der Waals surface area contributed by atoms with Crippen LogP contribution in [0.3, 0.4) is 0 Å². The fourth-order valence-corrected chi connectivity index (χ4v) is 0.487. The highest BCUT2D eigenvalue weighted by Gasteiger charge is 2.06. The number of nitrogens with one attached hydrogen (secondary N) is 1. The lowest BCUT2D eigenvalue weighted by Gasteiger charge is -1.88. The summed E-state index contributed by atoms with van der Waals surface area (Å²) >= 11 is 0. The van der Waals surface area contributed by atoms with E-state index in [-0.39, 0.29) is 11.6 Å². The van der Waals surface area contributed by atoms with E-state index in [0.29, 0.717) is 4.85 Å². The fourth-order valence-electron chi connectivity index (χ4n) is 0.487. The third kappa shape index (κ3) is 1.04. The van der Waals surface area contributed by atoms with Crippen LogP contribution in [0.5, 0.6) is 0 Å². The number of aromatic nitrogens is 3. The summed E-state index contributed by atoms with van der Waals surface area (Å²) in [4.78, 5) is 11.2. The minimum atomic E-state index is -0.375. The van der Waals surface area contributed by atoms with Gasteiger partial charge in [0.1, 0.15) is 0 Å². The molecule has 6 heteroatoms. The Morgan fingerprint density at radius 3 is 3.00 bits per heavy atom. The highest BCUT2D eigenvalue weighted by atomic mass is 16.5. The van der Waals surface area contributed by atoms with Gasteiger partial charge >= 0.3 is 0 Å². The van der Waals surface area contributed by atoms with E-state index in [0.717, 1.165) is 6.20 Å². The van der Waals surface area contributed by atoms with Crippen molar-refractivity contribution < 1.29 is 10.0 Å². The van der Waals surface area contributed by atoms with Crippen LogP contribution in [-0.4, -0.2) is 33.3 Å². The lowest BCUT2D eigenvalue weighted by Crippen LogP contribution is -2.18. The Kier molecular flexibility index (Phi) is 1.53. The summed E-state index contributed by atoms with van der Waals surface area (Å²) in [6.45, 7) is 0. The van der Waals surface area contributed by atoms with E-state index in [2.05, 4.69) is 15.6 Å². The zero-order valence-corrected chi connectivity index (χ0v) is 5.27. The minimum Gasteiger partial charge on any atom is -0.410 e. The van der Waals surface area contributed by atoms with Crippen molar-refractivity contribution in [2.24, 2.45) is 0 Å². The van der Waals surface area contributed by atoms with Gasteiger partial charge in [-0.05, 0) is 5.21 Å². The van der Waals surface area contributed by atoms with Gasteiger partial charge in [-0.1, -0.05) is 4.85 Å². The molecule has 0 radical (unpaired) electrons. The SMILES string of the molecule is CNC(=O)c1cn(O)nn1. The van der Waals surface area contributed by atoms with Crippen LogP contribution in [0.2, 0.25) is 0 Å². The molecule has 1 aromatic rings. The van der Waals surface area contributed by atoms with E-state index >= 15 is 0 Å². The quantitative estimate of drug-likeness (QED) is 0.486. The number of nitrogens with zero attached hydrogens (tertiary/aromatic N) is 3. The summed E-state index contributed by atoms with van der Waals surface area (Å²) in [5, 5.41) is 17.4. The van der Waals surface area contributed by atoms with Crippen molar-refractivity contribution in [3.8, 4) is 0 Å². The summed E-state index contributed by atoms with van der Waals surface area (Å²) < 4.78 is 0. The predicted molar refractivity (Wildman–Crippen MR) is 30.6 cm³/mol. The van der Waals surface area contributed by atoms with Gasteiger partial charge in [0.15, 0.2) is 5.69 Å². The molecule has 0 spiro atoms. The molecule has 0 aromatic carbocycles. The highest BCUT2D eigenvalue weighted by Crippen LogP contribution is 1.88. The summed E-state index contributed by atoms with van der Waals surface area (Å²) in [7, 11) is 1.47. The Morgan fingerprint density at radius 1 is 1.90 bits per heavy atom. The Balaban J connectivity index is 2.85. The molecule has 10 heavy (non-hydrogen) atoms. The van der Waals surface area contributed by atoms with Crippen molar-refractivity contribution in [1.29, 1.82) is 0 Å². The van der Waals surface area contributed by atoms with Gasteiger partial charge in [-0.15, -0.1) is 5.10 Å². The van der Waals surface area contributed by atoms with E-state index < -0.39 is 0 Å². The van der Waals surface area contributed by atoms with Crippen molar-refractivity contribution in [3.05, 3.63) is 11.9 Å². The highest BCUT2D eigenvalue weighted by molar-refractivity contribution is 5.91. The van der Waals surface area contributed by atoms with Crippen molar-refractivity contribution in [2.45, 2.75) is 0 Å². The van der Waals surface area contributed by atoms with Crippen LogP contribution in [0.15, 0.2) is 6.20 Å². The molecular weight excluding hydrogens is 136 g/mol. The second kappa shape index (κ2) is 2.34. The molecule has 0 aliphatic heterocycles. The molecule has 54 valence electrons. The summed E-state index contributed by atoms with van der Waals surface area (Å²) in [5.41, 5.74) is 0.0880. The first kappa shape index (κ1) is 6.53. The first-order chi connectivity index (χ1) is 4.74. The molecule has 0 bridgehead atoms. The van der Waals surface area contributed by atoms with Crippen LogP contribution >= 0.6 is 0 Å². The van der Waals surface area contributed by atoms with Crippen LogP contribution in [0.1, 0.15) is 10.5 Å². The van der Waals surface area contributed by atoms with Crippen molar-refractivity contribution in [2.75, 3.05) is 7.05 Å². The largest absolute Gasteiger partial charge is 0.410 e. The number of amides is 1. The minimum absolute atomic E-state index is 0.0880. The first-order valence-corrected chi connectivity index (χ1v) is 2.57. The molecular formula is C4H6N4O2. The second-order valence-corrected chi connectivity index (χ2v) is 1.60. The van der Waals surface area contributed by atoms with Crippen LogP contribution in [-0.2, 0) is 0 Å². The van der Waals surface area contributed by atoms with Crippen molar-refractivity contribution >= 4 is 5.91 Å². The van der Waals surface area contributed by atoms with Gasteiger partial charge in [0.2, 0.25) is 0 Å². The Hall–Kier alpha value is -1.59. The van der Waals surface area contributed by atoms with Gasteiger partial charge < -0.3 is 10.5 Å². The number of hydrogen-bond donors (Lipinski definition) is 2. The molecule has 0 saturated heterocycles. The number of carbonyl (C=O) groups excluding carboxylic acids is 1. The maximum absolute atomic E-state index is 10.7. The Labute approximate surface area is 56.4 Å². The lowest BCUT2D eigenvalue weighted by molar-refractivity contribution is 0.0957. The molecule has 0 aliphatic carbocycles. The molecule has 0 fully saturated rings. The molecule has 1 amide bonds. The third-order valence-electron chi connectivity index (χ3n) is 0.942. The van der Waals surface area contributed by atoms with Crippen molar-refractivity contribution in [1.82, 2.24) is 20.5 Å². The Morgan fingerprint density at radius 2 is 2.60 bits per heavy atom. The zero-order valence-electron chi connectivity index (χ0n) is 5.27. The third-order valence-corrected chi connectivity index (χ3v) is 0.942. The normalized spacial score (nSPS) is 9.30. The van der Waals surface area contributed by atoms with Crippen LogP contribution < -0.4 is 5.32 Å². The fraction of sp³-hybridized carbons (Fsp3) is 0.250. The first-order valence-electron chi connectivity index (χ1n) is 2.57. The van der Waals surface area contributed by atoms with Gasteiger partial charge in [-0.3, -0.25) is 4.79 Å². The van der Waals surface area contributed by atoms with Crippen LogP contribution in [0, 0.1) is 0 Å². The lowest BCUT2D eigenvalue weighted by atomic mass is 10.4. The van der Waals surface area contributed by atoms with Crippen LogP contribution in [0.4, 0.5) is 0 Å². The maximum Gasteiger partial charge on any atom is 0.273 e. The molecule has 1 rings (SSSR count). The van der Waals surface area contributed by atoms with Gasteiger partial charge in [0.05, 0.1) is 6.20 Å². The smallest absolute Gasteiger partial charge is 0.273 e. The molecule has 6 nitrogen and oxygen atoms in total. The average Bonchev–Trinajstić information content (AvgIpc) is 2.34. The van der Waals surface area contributed by atoms with Gasteiger partial charge in [-0.2, -0.15) is 0 Å². The molecule has 1 heterocycles. The zero-order chi connectivity index (χ0) is 7.56. The molecule has 2 N–H and O–H groups in total. The monoisotopic (exact) mass is 142 g/mol. The van der Waals surface area contributed by atoms with Gasteiger partial charge in [0.25, 0.3) is 5.91 Å². The number of rotatable bonds is 1. The van der Waals surface area contributed by atoms with Gasteiger partial charge in [0, 0.05) is 7.05 Å². The molecule has 0 unspecified atom stereocenters. The average molecular weight is 142 g/mol. The standard InChI is InChI=1S/C4H6N4O2/c1-5-4(9)3-2-8(10)7-6-3/h2,10H,1H3,(H,5,9). The number of carbonyl (C=O) groups is 1. The second-order valence-electron chi connectivity index (χ2n) is 1.60. The molecule has 0 saturated carbocycles. The van der Waals surface area contributed by atoms with E-state index in [9.17, 15) is 4.79 Å². The summed E-state index contributed by atoms with van der Waals surface area (Å²) in [6, 6.07) is 0. The van der Waals surface area contributed by atoms with Crippen LogP contribution in [0.25, 0.3) is 0 Å². The molecule has 0 atom stereocenters. The summed E-state index contributed by atoms with van der Waals surface area (Å²) in [5.74, 6) is -0.375. The van der Waals surface area contributed by atoms with Gasteiger partial charge in [-0.25, -0.2) is 0 Å². The summed E-state index contributed by atoms with van der Waals surface area (Å²) in [6.07, 6.45) is 1.11. The Bertz CT molecular complexity index is 243. The predicted octanol–water partition coefficient (Wildman–Crippen LogP) is -1.13.